The van der Waals surface area contributed by atoms with Gasteiger partial charge in [0, 0.05) is 22.9 Å². The van der Waals surface area contributed by atoms with Gasteiger partial charge in [-0.2, -0.15) is 4.98 Å². The number of nitrogens with zero attached hydrogens (tertiary/aromatic N) is 2. The molecule has 0 saturated carbocycles. The number of aromatic nitrogens is 2. The maximum absolute atomic E-state index is 11.9. The topological polar surface area (TPSA) is 60.4 Å². The summed E-state index contributed by atoms with van der Waals surface area (Å²) in [6.07, 6.45) is 2.38. The number of nitrogen functional groups attached to an aromatic ring is 1. The first-order valence-electron chi connectivity index (χ1n) is 5.02. The summed E-state index contributed by atoms with van der Waals surface area (Å²) in [5.74, 6) is 0.495. The van der Waals surface area contributed by atoms with Gasteiger partial charge in [0.1, 0.15) is 5.82 Å². The quantitative estimate of drug-likeness (QED) is 0.769. The normalized spacial score (nSPS) is 11.1. The number of fused-ring (bicyclic) bond motifs is 1. The molecule has 4 nitrogen and oxygen atoms in total. The third-order valence-corrected chi connectivity index (χ3v) is 4.18. The first kappa shape index (κ1) is 10.5. The molecule has 0 saturated heterocycles. The van der Waals surface area contributed by atoms with Crippen molar-refractivity contribution in [1.29, 1.82) is 0 Å². The van der Waals surface area contributed by atoms with Crippen LogP contribution in [0.4, 0.5) is 5.82 Å². The van der Waals surface area contributed by atoms with Crippen LogP contribution in [0.5, 0.6) is 0 Å². The number of thiophene rings is 1. The minimum atomic E-state index is -0.224. The van der Waals surface area contributed by atoms with Crippen LogP contribution in [0.25, 0.3) is 4.96 Å². The lowest BCUT2D eigenvalue weighted by molar-refractivity contribution is 1.05. The summed E-state index contributed by atoms with van der Waals surface area (Å²) >= 11 is 3.02. The summed E-state index contributed by atoms with van der Waals surface area (Å²) in [7, 11) is 0. The van der Waals surface area contributed by atoms with Gasteiger partial charge in [0.25, 0.3) is 5.56 Å². The van der Waals surface area contributed by atoms with Gasteiger partial charge in [0.2, 0.25) is 0 Å². The summed E-state index contributed by atoms with van der Waals surface area (Å²) < 4.78 is 1.76. The van der Waals surface area contributed by atoms with E-state index in [1.54, 1.807) is 15.7 Å². The number of hydrogen-bond acceptors (Lipinski definition) is 5. The van der Waals surface area contributed by atoms with Gasteiger partial charge in [0.05, 0.1) is 5.56 Å². The summed E-state index contributed by atoms with van der Waals surface area (Å²) in [5, 5.41) is 3.85. The maximum atomic E-state index is 11.9. The van der Waals surface area contributed by atoms with Crippen molar-refractivity contribution in [3.63, 3.8) is 0 Å². The SMILES string of the molecule is Nc1c(Cc2cccs2)c(=O)nc2sccn12. The highest BCUT2D eigenvalue weighted by Gasteiger charge is 2.12. The molecule has 17 heavy (non-hydrogen) atoms. The fourth-order valence-corrected chi connectivity index (χ4v) is 3.13. The molecule has 0 aliphatic rings. The average Bonchev–Trinajstić information content (AvgIpc) is 2.94. The standard InChI is InChI=1S/C11H9N3OS2/c12-9-8(6-7-2-1-4-16-7)10(15)13-11-14(9)3-5-17-11/h1-5H,6,12H2. The van der Waals surface area contributed by atoms with Gasteiger partial charge >= 0.3 is 0 Å². The minimum absolute atomic E-state index is 0.224. The Labute approximate surface area is 105 Å². The molecule has 0 radical (unpaired) electrons. The second-order valence-corrected chi connectivity index (χ2v) is 5.50. The van der Waals surface area contributed by atoms with Crippen LogP contribution in [0.1, 0.15) is 10.4 Å². The number of nitrogens with two attached hydrogens (primary N) is 1. The number of thiazole rings is 1. The number of hydrogen-bond donors (Lipinski definition) is 1. The van der Waals surface area contributed by atoms with Crippen molar-refractivity contribution in [3.05, 3.63) is 49.9 Å². The molecule has 3 rings (SSSR count). The Bertz CT molecular complexity index is 712. The van der Waals surface area contributed by atoms with Crippen LogP contribution < -0.4 is 11.3 Å². The van der Waals surface area contributed by atoms with E-state index in [1.165, 1.54) is 11.3 Å². The van der Waals surface area contributed by atoms with Gasteiger partial charge < -0.3 is 5.73 Å². The molecule has 0 fully saturated rings. The molecule has 6 heteroatoms. The lowest BCUT2D eigenvalue weighted by Crippen LogP contribution is -2.18. The zero-order valence-corrected chi connectivity index (χ0v) is 10.4. The van der Waals surface area contributed by atoms with Gasteiger partial charge in [-0.1, -0.05) is 6.07 Å². The lowest BCUT2D eigenvalue weighted by Gasteiger charge is -2.05. The monoisotopic (exact) mass is 263 g/mol. The van der Waals surface area contributed by atoms with Crippen molar-refractivity contribution < 1.29 is 0 Å². The molecule has 0 aliphatic carbocycles. The molecule has 3 heterocycles. The van der Waals surface area contributed by atoms with E-state index in [1.807, 2.05) is 29.1 Å². The van der Waals surface area contributed by atoms with E-state index < -0.39 is 0 Å². The summed E-state index contributed by atoms with van der Waals surface area (Å²) in [5.41, 5.74) is 6.36. The summed E-state index contributed by atoms with van der Waals surface area (Å²) in [6.45, 7) is 0. The van der Waals surface area contributed by atoms with Crippen LogP contribution in [-0.4, -0.2) is 9.38 Å². The Hall–Kier alpha value is -1.66. The molecule has 2 N–H and O–H groups in total. The highest BCUT2D eigenvalue weighted by molar-refractivity contribution is 7.15. The van der Waals surface area contributed by atoms with Crippen LogP contribution in [0.2, 0.25) is 0 Å². The van der Waals surface area contributed by atoms with E-state index in [4.69, 9.17) is 5.73 Å². The Morgan fingerprint density at radius 3 is 3.00 bits per heavy atom. The van der Waals surface area contributed by atoms with E-state index in [9.17, 15) is 4.79 Å². The predicted octanol–water partition coefficient (Wildman–Crippen LogP) is 1.99. The smallest absolute Gasteiger partial charge is 0.279 e. The molecule has 0 unspecified atom stereocenters. The van der Waals surface area contributed by atoms with Crippen LogP contribution in [-0.2, 0) is 6.42 Å². The summed E-state index contributed by atoms with van der Waals surface area (Å²) in [4.78, 5) is 17.7. The van der Waals surface area contributed by atoms with Crippen molar-refractivity contribution in [2.75, 3.05) is 5.73 Å². The van der Waals surface area contributed by atoms with E-state index in [2.05, 4.69) is 4.98 Å². The van der Waals surface area contributed by atoms with E-state index in [-0.39, 0.29) is 5.56 Å². The molecular weight excluding hydrogens is 254 g/mol. The minimum Gasteiger partial charge on any atom is -0.384 e. The zero-order valence-electron chi connectivity index (χ0n) is 8.79. The molecule has 0 atom stereocenters. The Morgan fingerprint density at radius 1 is 1.35 bits per heavy atom. The van der Waals surface area contributed by atoms with Crippen LogP contribution in [0, 0.1) is 0 Å². The summed E-state index contributed by atoms with van der Waals surface area (Å²) in [6, 6.07) is 3.95. The van der Waals surface area contributed by atoms with Gasteiger partial charge in [-0.3, -0.25) is 9.20 Å². The predicted molar refractivity (Wildman–Crippen MR) is 70.9 cm³/mol. The van der Waals surface area contributed by atoms with E-state index in [0.29, 0.717) is 22.8 Å². The highest BCUT2D eigenvalue weighted by Crippen LogP contribution is 2.19. The van der Waals surface area contributed by atoms with Gasteiger partial charge in [-0.05, 0) is 11.4 Å². The third kappa shape index (κ3) is 1.75. The zero-order chi connectivity index (χ0) is 11.8. The van der Waals surface area contributed by atoms with Crippen molar-refractivity contribution in [3.8, 4) is 0 Å². The molecule has 0 aliphatic heterocycles. The largest absolute Gasteiger partial charge is 0.384 e. The molecular formula is C11H9N3OS2. The highest BCUT2D eigenvalue weighted by atomic mass is 32.1. The van der Waals surface area contributed by atoms with Crippen molar-refractivity contribution in [1.82, 2.24) is 9.38 Å². The maximum Gasteiger partial charge on any atom is 0.279 e. The fourth-order valence-electron chi connectivity index (χ4n) is 1.70. The van der Waals surface area contributed by atoms with Crippen molar-refractivity contribution in [2.24, 2.45) is 0 Å². The first-order chi connectivity index (χ1) is 8.25. The molecule has 86 valence electrons. The third-order valence-electron chi connectivity index (χ3n) is 2.54. The van der Waals surface area contributed by atoms with Crippen LogP contribution in [0.3, 0.4) is 0 Å². The van der Waals surface area contributed by atoms with Gasteiger partial charge in [0.15, 0.2) is 4.96 Å². The molecule has 0 bridgehead atoms. The Kier molecular flexibility index (Phi) is 2.45. The molecule has 3 aromatic heterocycles. The Morgan fingerprint density at radius 2 is 2.24 bits per heavy atom. The van der Waals surface area contributed by atoms with Crippen LogP contribution >= 0.6 is 22.7 Å². The lowest BCUT2D eigenvalue weighted by atomic mass is 10.2. The van der Waals surface area contributed by atoms with E-state index >= 15 is 0 Å². The van der Waals surface area contributed by atoms with Crippen molar-refractivity contribution in [2.45, 2.75) is 6.42 Å². The van der Waals surface area contributed by atoms with E-state index in [0.717, 1.165) is 4.88 Å². The first-order valence-corrected chi connectivity index (χ1v) is 6.78. The van der Waals surface area contributed by atoms with Crippen LogP contribution in [0.15, 0.2) is 33.9 Å². The van der Waals surface area contributed by atoms with Gasteiger partial charge in [-0.25, -0.2) is 0 Å². The number of anilines is 1. The molecule has 0 spiro atoms. The number of rotatable bonds is 2. The van der Waals surface area contributed by atoms with Gasteiger partial charge in [-0.15, -0.1) is 22.7 Å². The Balaban J connectivity index is 2.18. The fraction of sp³-hybridized carbons (Fsp3) is 0.0909. The molecule has 0 amide bonds. The second-order valence-electron chi connectivity index (χ2n) is 3.59. The molecule has 3 aromatic rings. The van der Waals surface area contributed by atoms with Crippen molar-refractivity contribution >= 4 is 33.5 Å². The molecule has 0 aromatic carbocycles. The second kappa shape index (κ2) is 3.97. The average molecular weight is 263 g/mol.